The SMILES string of the molecule is CCN1CCC(/C=C\S(=O)(=O)Cl)CC1. The Morgan fingerprint density at radius 3 is 2.43 bits per heavy atom. The maximum atomic E-state index is 10.7. The third-order valence-corrected chi connectivity index (χ3v) is 3.38. The van der Waals surface area contributed by atoms with Crippen LogP contribution < -0.4 is 0 Å². The summed E-state index contributed by atoms with van der Waals surface area (Å²) in [6.07, 6.45) is 3.77. The predicted molar refractivity (Wildman–Crippen MR) is 58.8 cm³/mol. The second-order valence-electron chi connectivity index (χ2n) is 3.58. The second-order valence-corrected chi connectivity index (χ2v) is 6.09. The average molecular weight is 238 g/mol. The number of hydrogen-bond acceptors (Lipinski definition) is 3. The molecule has 0 saturated carbocycles. The van der Waals surface area contributed by atoms with Crippen LogP contribution >= 0.6 is 10.7 Å². The van der Waals surface area contributed by atoms with E-state index in [0.29, 0.717) is 5.92 Å². The number of likely N-dealkylation sites (tertiary alicyclic amines) is 1. The standard InChI is InChI=1S/C9H16ClNO2S/c1-2-11-6-3-9(4-7-11)5-8-14(10,12)13/h5,8-9H,2-4,6-7H2,1H3/b8-5-. The van der Waals surface area contributed by atoms with Crippen LogP contribution in [0.5, 0.6) is 0 Å². The van der Waals surface area contributed by atoms with Crippen molar-refractivity contribution in [2.24, 2.45) is 5.92 Å². The van der Waals surface area contributed by atoms with Gasteiger partial charge >= 0.3 is 0 Å². The van der Waals surface area contributed by atoms with Gasteiger partial charge in [0.15, 0.2) is 0 Å². The van der Waals surface area contributed by atoms with Crippen molar-refractivity contribution in [3.63, 3.8) is 0 Å². The Bertz CT molecular complexity index is 292. The summed E-state index contributed by atoms with van der Waals surface area (Å²) in [6.45, 7) is 5.31. The molecule has 1 rings (SSSR count). The number of halogens is 1. The Labute approximate surface area is 90.2 Å². The van der Waals surface area contributed by atoms with Crippen molar-refractivity contribution < 1.29 is 8.42 Å². The van der Waals surface area contributed by atoms with Crippen LogP contribution in [0.15, 0.2) is 11.5 Å². The van der Waals surface area contributed by atoms with Crippen molar-refractivity contribution in [3.05, 3.63) is 11.5 Å². The van der Waals surface area contributed by atoms with Crippen LogP contribution in [-0.2, 0) is 9.05 Å². The van der Waals surface area contributed by atoms with E-state index in [0.717, 1.165) is 37.9 Å². The van der Waals surface area contributed by atoms with Gasteiger partial charge in [0.05, 0.1) is 0 Å². The lowest BCUT2D eigenvalue weighted by molar-refractivity contribution is 0.213. The summed E-state index contributed by atoms with van der Waals surface area (Å²) in [5.41, 5.74) is 0. The lowest BCUT2D eigenvalue weighted by atomic mass is 9.97. The summed E-state index contributed by atoms with van der Waals surface area (Å²) in [6, 6.07) is 0. The molecule has 82 valence electrons. The molecule has 5 heteroatoms. The van der Waals surface area contributed by atoms with E-state index in [-0.39, 0.29) is 0 Å². The molecule has 1 saturated heterocycles. The predicted octanol–water partition coefficient (Wildman–Crippen LogP) is 1.80. The zero-order valence-corrected chi connectivity index (χ0v) is 9.89. The highest BCUT2D eigenvalue weighted by Crippen LogP contribution is 2.18. The van der Waals surface area contributed by atoms with Gasteiger partial charge in [-0.2, -0.15) is 0 Å². The number of allylic oxidation sites excluding steroid dienone is 1. The molecular weight excluding hydrogens is 222 g/mol. The Hall–Kier alpha value is -0.0600. The summed E-state index contributed by atoms with van der Waals surface area (Å²) in [4.78, 5) is 2.36. The molecule has 14 heavy (non-hydrogen) atoms. The molecule has 0 bridgehead atoms. The highest BCUT2D eigenvalue weighted by atomic mass is 35.7. The molecule has 1 aliphatic heterocycles. The van der Waals surface area contributed by atoms with Crippen LogP contribution in [0, 0.1) is 5.92 Å². The fraction of sp³-hybridized carbons (Fsp3) is 0.778. The maximum Gasteiger partial charge on any atom is 0.254 e. The fourth-order valence-electron chi connectivity index (χ4n) is 1.67. The average Bonchev–Trinajstić information content (AvgIpc) is 2.14. The van der Waals surface area contributed by atoms with E-state index >= 15 is 0 Å². The minimum Gasteiger partial charge on any atom is -0.304 e. The van der Waals surface area contributed by atoms with Crippen molar-refractivity contribution in [1.29, 1.82) is 0 Å². The van der Waals surface area contributed by atoms with Crippen molar-refractivity contribution >= 4 is 19.7 Å². The minimum absolute atomic E-state index is 0.367. The summed E-state index contributed by atoms with van der Waals surface area (Å²) >= 11 is 0. The Kier molecular flexibility index (Phi) is 4.41. The number of piperidine rings is 1. The molecule has 0 N–H and O–H groups in total. The Morgan fingerprint density at radius 1 is 1.43 bits per heavy atom. The first-order chi connectivity index (χ1) is 6.51. The van der Waals surface area contributed by atoms with E-state index in [2.05, 4.69) is 11.8 Å². The van der Waals surface area contributed by atoms with Crippen LogP contribution in [0.3, 0.4) is 0 Å². The van der Waals surface area contributed by atoms with Gasteiger partial charge in [0.25, 0.3) is 9.05 Å². The first-order valence-corrected chi connectivity index (χ1v) is 7.23. The highest BCUT2D eigenvalue weighted by molar-refractivity contribution is 8.16. The van der Waals surface area contributed by atoms with E-state index in [1.165, 1.54) is 0 Å². The first kappa shape index (κ1) is 12.0. The van der Waals surface area contributed by atoms with Crippen molar-refractivity contribution in [1.82, 2.24) is 4.90 Å². The molecular formula is C9H16ClNO2S. The highest BCUT2D eigenvalue weighted by Gasteiger charge is 2.15. The van der Waals surface area contributed by atoms with Crippen molar-refractivity contribution in [2.75, 3.05) is 19.6 Å². The van der Waals surface area contributed by atoms with Gasteiger partial charge < -0.3 is 4.90 Å². The monoisotopic (exact) mass is 237 g/mol. The smallest absolute Gasteiger partial charge is 0.254 e. The third kappa shape index (κ3) is 4.44. The van der Waals surface area contributed by atoms with Gasteiger partial charge in [-0.3, -0.25) is 0 Å². The molecule has 0 spiro atoms. The van der Waals surface area contributed by atoms with Crippen LogP contribution in [0.25, 0.3) is 0 Å². The molecule has 0 radical (unpaired) electrons. The Balaban J connectivity index is 2.40. The zero-order chi connectivity index (χ0) is 10.6. The molecule has 0 aromatic heterocycles. The lowest BCUT2D eigenvalue weighted by Crippen LogP contribution is -2.32. The van der Waals surface area contributed by atoms with Gasteiger partial charge in [0.1, 0.15) is 0 Å². The van der Waals surface area contributed by atoms with E-state index in [1.807, 2.05) is 0 Å². The zero-order valence-electron chi connectivity index (χ0n) is 8.32. The molecule has 1 fully saturated rings. The molecule has 0 unspecified atom stereocenters. The van der Waals surface area contributed by atoms with Gasteiger partial charge in [-0.05, 0) is 38.4 Å². The van der Waals surface area contributed by atoms with E-state index in [9.17, 15) is 8.42 Å². The topological polar surface area (TPSA) is 37.4 Å². The van der Waals surface area contributed by atoms with Crippen LogP contribution in [0.2, 0.25) is 0 Å². The molecule has 1 aliphatic rings. The third-order valence-electron chi connectivity index (χ3n) is 2.59. The molecule has 3 nitrogen and oxygen atoms in total. The molecule has 0 aromatic rings. The fourth-order valence-corrected chi connectivity index (χ4v) is 2.25. The van der Waals surface area contributed by atoms with Crippen molar-refractivity contribution in [3.8, 4) is 0 Å². The largest absolute Gasteiger partial charge is 0.304 e. The van der Waals surface area contributed by atoms with E-state index < -0.39 is 9.05 Å². The van der Waals surface area contributed by atoms with Gasteiger partial charge in [-0.25, -0.2) is 8.42 Å². The Morgan fingerprint density at radius 2 is 2.00 bits per heavy atom. The number of nitrogens with zero attached hydrogens (tertiary/aromatic N) is 1. The summed E-state index contributed by atoms with van der Waals surface area (Å²) < 4.78 is 21.3. The second kappa shape index (κ2) is 5.14. The number of hydrogen-bond donors (Lipinski definition) is 0. The van der Waals surface area contributed by atoms with Crippen molar-refractivity contribution in [2.45, 2.75) is 19.8 Å². The van der Waals surface area contributed by atoms with E-state index in [1.54, 1.807) is 6.08 Å². The maximum absolute atomic E-state index is 10.7. The molecule has 1 heterocycles. The van der Waals surface area contributed by atoms with Crippen LogP contribution in [0.4, 0.5) is 0 Å². The molecule has 0 amide bonds. The van der Waals surface area contributed by atoms with Gasteiger partial charge in [0, 0.05) is 16.1 Å². The lowest BCUT2D eigenvalue weighted by Gasteiger charge is -2.29. The van der Waals surface area contributed by atoms with Gasteiger partial charge in [-0.1, -0.05) is 13.0 Å². The normalized spacial score (nSPS) is 21.9. The molecule has 0 aliphatic carbocycles. The summed E-state index contributed by atoms with van der Waals surface area (Å²) in [5.74, 6) is 0.367. The number of rotatable bonds is 3. The van der Waals surface area contributed by atoms with Gasteiger partial charge in [0.2, 0.25) is 0 Å². The first-order valence-electron chi connectivity index (χ1n) is 4.86. The summed E-state index contributed by atoms with van der Waals surface area (Å²) in [5, 5.41) is 1.11. The quantitative estimate of drug-likeness (QED) is 0.703. The molecule has 0 aromatic carbocycles. The molecule has 0 atom stereocenters. The van der Waals surface area contributed by atoms with Gasteiger partial charge in [-0.15, -0.1) is 0 Å². The van der Waals surface area contributed by atoms with Crippen LogP contribution in [-0.4, -0.2) is 33.0 Å². The summed E-state index contributed by atoms with van der Waals surface area (Å²) in [7, 11) is 1.62. The van der Waals surface area contributed by atoms with Crippen LogP contribution in [0.1, 0.15) is 19.8 Å². The van der Waals surface area contributed by atoms with E-state index in [4.69, 9.17) is 10.7 Å². The minimum atomic E-state index is -3.46.